The molecule has 1 rings (SSSR count). The minimum Gasteiger partial charge on any atom is -0.102 e. The van der Waals surface area contributed by atoms with Crippen molar-refractivity contribution >= 4 is 0 Å². The summed E-state index contributed by atoms with van der Waals surface area (Å²) in [5.74, 6) is 0.491. The summed E-state index contributed by atoms with van der Waals surface area (Å²) in [6.45, 7) is 7.99. The molecule has 0 radical (unpaired) electrons. The van der Waals surface area contributed by atoms with E-state index in [-0.39, 0.29) is 0 Å². The summed E-state index contributed by atoms with van der Waals surface area (Å²) in [6, 6.07) is 0. The second-order valence-electron chi connectivity index (χ2n) is 2.51. The molecule has 0 saturated heterocycles. The topological polar surface area (TPSA) is 0 Å². The van der Waals surface area contributed by atoms with Gasteiger partial charge < -0.3 is 0 Å². The summed E-state index contributed by atoms with van der Waals surface area (Å²) in [5, 5.41) is 0. The molecule has 0 saturated carbocycles. The van der Waals surface area contributed by atoms with Gasteiger partial charge in [0.25, 0.3) is 0 Å². The summed E-state index contributed by atoms with van der Waals surface area (Å²) >= 11 is 0. The average Bonchev–Trinajstić information content (AvgIpc) is 2.13. The van der Waals surface area contributed by atoms with Gasteiger partial charge in [0.15, 0.2) is 0 Å². The highest BCUT2D eigenvalue weighted by molar-refractivity contribution is 5.37. The fourth-order valence-corrected chi connectivity index (χ4v) is 1.02. The zero-order chi connectivity index (χ0) is 6.85. The minimum absolute atomic E-state index is 0.491. The van der Waals surface area contributed by atoms with E-state index in [0.717, 1.165) is 0 Å². The van der Waals surface area contributed by atoms with E-state index in [1.807, 2.05) is 6.08 Å². The molecule has 0 atom stereocenters. The van der Waals surface area contributed by atoms with Crippen LogP contribution in [0.2, 0.25) is 0 Å². The fraction of sp³-hybridized carbons (Fsp3) is 0.333. The molecule has 0 aromatic rings. The van der Waals surface area contributed by atoms with Crippen LogP contribution in [0.15, 0.2) is 36.0 Å². The summed E-state index contributed by atoms with van der Waals surface area (Å²) < 4.78 is 0. The molecule has 0 aromatic heterocycles. The third kappa shape index (κ3) is 1.13. The molecule has 0 unspecified atom stereocenters. The molecule has 1 aliphatic rings. The third-order valence-electron chi connectivity index (χ3n) is 1.78. The van der Waals surface area contributed by atoms with Gasteiger partial charge in [0.05, 0.1) is 0 Å². The molecule has 0 N–H and O–H groups in total. The van der Waals surface area contributed by atoms with E-state index in [4.69, 9.17) is 0 Å². The molecule has 9 heavy (non-hydrogen) atoms. The van der Waals surface area contributed by atoms with Crippen LogP contribution in [0.25, 0.3) is 0 Å². The van der Waals surface area contributed by atoms with Crippen LogP contribution in [-0.4, -0.2) is 0 Å². The van der Waals surface area contributed by atoms with E-state index in [9.17, 15) is 0 Å². The second kappa shape index (κ2) is 2.22. The largest absolute Gasteiger partial charge is 0.102 e. The monoisotopic (exact) mass is 120 g/mol. The van der Waals surface area contributed by atoms with Gasteiger partial charge in [-0.15, -0.1) is 6.58 Å². The quantitative estimate of drug-likeness (QED) is 0.467. The van der Waals surface area contributed by atoms with Crippen molar-refractivity contribution in [1.82, 2.24) is 0 Å². The molecule has 0 heterocycles. The van der Waals surface area contributed by atoms with E-state index in [1.54, 1.807) is 0 Å². The van der Waals surface area contributed by atoms with Gasteiger partial charge >= 0.3 is 0 Å². The maximum atomic E-state index is 3.72. The van der Waals surface area contributed by atoms with Crippen LogP contribution < -0.4 is 0 Å². The predicted octanol–water partition coefficient (Wildman–Crippen LogP) is 2.69. The molecule has 48 valence electrons. The Labute approximate surface area is 56.6 Å². The van der Waals surface area contributed by atoms with Crippen molar-refractivity contribution in [2.45, 2.75) is 13.8 Å². The minimum atomic E-state index is 0.491. The van der Waals surface area contributed by atoms with Crippen LogP contribution in [-0.2, 0) is 0 Å². The average molecular weight is 120 g/mol. The highest BCUT2D eigenvalue weighted by atomic mass is 14.1. The van der Waals surface area contributed by atoms with Gasteiger partial charge in [0.2, 0.25) is 0 Å². The van der Waals surface area contributed by atoms with Gasteiger partial charge in [-0.1, -0.05) is 29.4 Å². The lowest BCUT2D eigenvalue weighted by molar-refractivity contribution is 1.09. The van der Waals surface area contributed by atoms with Crippen molar-refractivity contribution in [2.75, 3.05) is 0 Å². The van der Waals surface area contributed by atoms with Crippen LogP contribution in [0.3, 0.4) is 0 Å². The van der Waals surface area contributed by atoms with E-state index in [1.165, 1.54) is 11.1 Å². The van der Waals surface area contributed by atoms with Gasteiger partial charge in [-0.3, -0.25) is 0 Å². The lowest BCUT2D eigenvalue weighted by Gasteiger charge is -1.89. The summed E-state index contributed by atoms with van der Waals surface area (Å²) in [5.41, 5.74) is 2.78. The van der Waals surface area contributed by atoms with E-state index < -0.39 is 0 Å². The molecular formula is C9H12. The zero-order valence-corrected chi connectivity index (χ0v) is 6.02. The van der Waals surface area contributed by atoms with E-state index >= 15 is 0 Å². The first-order valence-corrected chi connectivity index (χ1v) is 3.24. The third-order valence-corrected chi connectivity index (χ3v) is 1.78. The van der Waals surface area contributed by atoms with Crippen molar-refractivity contribution in [1.29, 1.82) is 0 Å². The maximum Gasteiger partial charge on any atom is 0.0136 e. The molecule has 0 heteroatoms. The van der Waals surface area contributed by atoms with Crippen LogP contribution in [0.1, 0.15) is 13.8 Å². The number of hydrogen-bond donors (Lipinski definition) is 0. The Morgan fingerprint density at radius 2 is 1.78 bits per heavy atom. The Morgan fingerprint density at radius 3 is 2.00 bits per heavy atom. The fourth-order valence-electron chi connectivity index (χ4n) is 1.02. The first-order valence-electron chi connectivity index (χ1n) is 3.24. The lowest BCUT2D eigenvalue weighted by atomic mass is 10.2. The predicted molar refractivity (Wildman–Crippen MR) is 41.2 cm³/mol. The van der Waals surface area contributed by atoms with Gasteiger partial charge in [0, 0.05) is 5.92 Å². The highest BCUT2D eigenvalue weighted by Crippen LogP contribution is 2.22. The molecular weight excluding hydrogens is 108 g/mol. The van der Waals surface area contributed by atoms with Crippen LogP contribution in [0.5, 0.6) is 0 Å². The lowest BCUT2D eigenvalue weighted by Crippen LogP contribution is -1.77. The van der Waals surface area contributed by atoms with Crippen molar-refractivity contribution in [3.8, 4) is 0 Å². The standard InChI is InChI=1S/C9H12/c1-4-9-5-7(2)8(3)6-9/h4-6,9H,1H2,2-3H3. The van der Waals surface area contributed by atoms with E-state index in [2.05, 4.69) is 32.6 Å². The Morgan fingerprint density at radius 1 is 1.33 bits per heavy atom. The Balaban J connectivity index is 2.82. The molecule has 0 aromatic carbocycles. The molecule has 0 bridgehead atoms. The molecule has 0 aliphatic heterocycles. The Bertz CT molecular complexity index is 164. The first-order chi connectivity index (χ1) is 4.24. The van der Waals surface area contributed by atoms with Crippen LogP contribution in [0, 0.1) is 5.92 Å². The smallest absolute Gasteiger partial charge is 0.0136 e. The molecule has 0 spiro atoms. The van der Waals surface area contributed by atoms with E-state index in [0.29, 0.717) is 5.92 Å². The summed E-state index contributed by atoms with van der Waals surface area (Å²) in [6.07, 6.45) is 6.41. The molecule has 1 aliphatic carbocycles. The van der Waals surface area contributed by atoms with Crippen molar-refractivity contribution in [3.63, 3.8) is 0 Å². The van der Waals surface area contributed by atoms with Crippen molar-refractivity contribution in [2.24, 2.45) is 5.92 Å². The molecule has 0 nitrogen and oxygen atoms in total. The summed E-state index contributed by atoms with van der Waals surface area (Å²) in [7, 11) is 0. The van der Waals surface area contributed by atoms with Gasteiger partial charge in [-0.25, -0.2) is 0 Å². The Hall–Kier alpha value is -0.780. The van der Waals surface area contributed by atoms with Gasteiger partial charge in [-0.2, -0.15) is 0 Å². The first kappa shape index (κ1) is 6.34. The highest BCUT2D eigenvalue weighted by Gasteiger charge is 2.06. The normalized spacial score (nSPS) is 19.3. The second-order valence-corrected chi connectivity index (χ2v) is 2.51. The van der Waals surface area contributed by atoms with Crippen LogP contribution >= 0.6 is 0 Å². The van der Waals surface area contributed by atoms with Crippen LogP contribution in [0.4, 0.5) is 0 Å². The maximum absolute atomic E-state index is 3.72. The van der Waals surface area contributed by atoms with Gasteiger partial charge in [0.1, 0.15) is 0 Å². The number of rotatable bonds is 1. The SMILES string of the molecule is C=CC1C=C(C)C(C)=C1. The van der Waals surface area contributed by atoms with Crippen molar-refractivity contribution < 1.29 is 0 Å². The number of allylic oxidation sites excluding steroid dienone is 5. The Kier molecular flexibility index (Phi) is 1.56. The molecule has 0 fully saturated rings. The van der Waals surface area contributed by atoms with Crippen molar-refractivity contribution in [3.05, 3.63) is 36.0 Å². The zero-order valence-electron chi connectivity index (χ0n) is 6.02. The number of hydrogen-bond acceptors (Lipinski definition) is 0. The van der Waals surface area contributed by atoms with Gasteiger partial charge in [-0.05, 0) is 13.8 Å². The summed E-state index contributed by atoms with van der Waals surface area (Å²) in [4.78, 5) is 0. The molecule has 0 amide bonds.